The van der Waals surface area contributed by atoms with Gasteiger partial charge in [-0.05, 0) is 12.0 Å². The first-order valence-electron chi connectivity index (χ1n) is 4.54. The number of hydrogen-bond donors (Lipinski definition) is 0. The lowest BCUT2D eigenvalue weighted by Crippen LogP contribution is -2.02. The molecule has 0 radical (unpaired) electrons. The molecule has 0 aliphatic heterocycles. The molecule has 1 unspecified atom stereocenters. The fourth-order valence-electron chi connectivity index (χ4n) is 1.29. The largest absolute Gasteiger partial charge is 0.384 e. The smallest absolute Gasteiger partial charge is 0.317 e. The van der Waals surface area contributed by atoms with E-state index in [0.717, 1.165) is 5.56 Å². The molecule has 1 aromatic carbocycles. The third-order valence-corrected chi connectivity index (χ3v) is 2.44. The number of hydrogen-bond acceptors (Lipinski definition) is 3. The fourth-order valence-corrected chi connectivity index (χ4v) is 1.45. The van der Waals surface area contributed by atoms with Gasteiger partial charge >= 0.3 is 5.97 Å². The predicted octanol–water partition coefficient (Wildman–Crippen LogP) is 2.93. The third kappa shape index (κ3) is 3.72. The van der Waals surface area contributed by atoms with Crippen LogP contribution in [-0.4, -0.2) is 5.97 Å². The molecular formula is C11H10BrNO2. The van der Waals surface area contributed by atoms with E-state index in [-0.39, 0.29) is 18.3 Å². The summed E-state index contributed by atoms with van der Waals surface area (Å²) in [5, 5.41) is 8.95. The lowest BCUT2D eigenvalue weighted by atomic mass is 9.96. The first kappa shape index (κ1) is 11.7. The molecule has 0 aliphatic rings. The minimum Gasteiger partial charge on any atom is -0.384 e. The molecule has 0 aliphatic carbocycles. The maximum absolute atomic E-state index is 10.9. The molecule has 1 aromatic rings. The summed E-state index contributed by atoms with van der Waals surface area (Å²) in [6, 6.07) is 11.6. The first-order chi connectivity index (χ1) is 7.27. The maximum Gasteiger partial charge on any atom is 0.317 e. The van der Waals surface area contributed by atoms with Crippen molar-refractivity contribution in [1.29, 1.82) is 5.26 Å². The molecule has 0 aromatic heterocycles. The standard InChI is InChI=1S/C11H10BrNO2/c12-15-11(14)7-6-10(8-13)9-4-2-1-3-5-9/h1-5,10H,6-7H2. The van der Waals surface area contributed by atoms with E-state index >= 15 is 0 Å². The molecule has 0 saturated heterocycles. The van der Waals surface area contributed by atoms with Crippen LogP contribution < -0.4 is 0 Å². The highest BCUT2D eigenvalue weighted by Crippen LogP contribution is 2.20. The van der Waals surface area contributed by atoms with Gasteiger partial charge in [-0.3, -0.25) is 4.79 Å². The second kappa shape index (κ2) is 6.20. The van der Waals surface area contributed by atoms with Crippen molar-refractivity contribution in [2.75, 3.05) is 0 Å². The van der Waals surface area contributed by atoms with E-state index in [4.69, 9.17) is 5.26 Å². The number of carbonyl (C=O) groups is 1. The Morgan fingerprint density at radius 2 is 2.13 bits per heavy atom. The van der Waals surface area contributed by atoms with Gasteiger partial charge in [-0.15, -0.1) is 0 Å². The molecule has 0 N–H and O–H groups in total. The zero-order chi connectivity index (χ0) is 11.1. The quantitative estimate of drug-likeness (QED) is 0.843. The van der Waals surface area contributed by atoms with Crippen LogP contribution in [0.15, 0.2) is 30.3 Å². The van der Waals surface area contributed by atoms with E-state index in [0.29, 0.717) is 6.42 Å². The normalized spacial score (nSPS) is 11.5. The second-order valence-electron chi connectivity index (χ2n) is 3.08. The summed E-state index contributed by atoms with van der Waals surface area (Å²) in [6.07, 6.45) is 0.712. The van der Waals surface area contributed by atoms with Gasteiger partial charge in [0.1, 0.15) is 0 Å². The van der Waals surface area contributed by atoms with Gasteiger partial charge in [-0.25, -0.2) is 0 Å². The molecule has 0 amide bonds. The summed E-state index contributed by atoms with van der Waals surface area (Å²) in [5.41, 5.74) is 0.933. The monoisotopic (exact) mass is 267 g/mol. The number of carbonyl (C=O) groups excluding carboxylic acids is 1. The molecule has 78 valence electrons. The highest BCUT2D eigenvalue weighted by Gasteiger charge is 2.12. The van der Waals surface area contributed by atoms with Gasteiger partial charge < -0.3 is 3.83 Å². The van der Waals surface area contributed by atoms with E-state index in [9.17, 15) is 4.79 Å². The lowest BCUT2D eigenvalue weighted by Gasteiger charge is -2.07. The van der Waals surface area contributed by atoms with Gasteiger partial charge in [-0.2, -0.15) is 5.26 Å². The van der Waals surface area contributed by atoms with E-state index < -0.39 is 0 Å². The minimum absolute atomic E-state index is 0.234. The third-order valence-electron chi connectivity index (χ3n) is 2.08. The molecule has 3 nitrogen and oxygen atoms in total. The van der Waals surface area contributed by atoms with Crippen LogP contribution in [-0.2, 0) is 8.62 Å². The van der Waals surface area contributed by atoms with E-state index in [1.807, 2.05) is 30.3 Å². The number of rotatable bonds is 4. The summed E-state index contributed by atoms with van der Waals surface area (Å²) in [7, 11) is 0. The van der Waals surface area contributed by atoms with Crippen molar-refractivity contribution < 1.29 is 8.62 Å². The average molecular weight is 268 g/mol. The van der Waals surface area contributed by atoms with Crippen molar-refractivity contribution in [1.82, 2.24) is 0 Å². The Labute approximate surface area is 97.1 Å². The summed E-state index contributed by atoms with van der Waals surface area (Å²) in [6.45, 7) is 0. The Hall–Kier alpha value is -1.34. The fraction of sp³-hybridized carbons (Fsp3) is 0.273. The summed E-state index contributed by atoms with van der Waals surface area (Å²) < 4.78 is 4.35. The van der Waals surface area contributed by atoms with Crippen LogP contribution in [0.25, 0.3) is 0 Å². The van der Waals surface area contributed by atoms with Crippen molar-refractivity contribution in [2.24, 2.45) is 0 Å². The molecule has 0 spiro atoms. The van der Waals surface area contributed by atoms with E-state index in [2.05, 4.69) is 26.2 Å². The van der Waals surface area contributed by atoms with Gasteiger partial charge in [0, 0.05) is 6.42 Å². The van der Waals surface area contributed by atoms with Crippen LogP contribution in [0, 0.1) is 11.3 Å². The maximum atomic E-state index is 10.9. The van der Waals surface area contributed by atoms with Crippen LogP contribution >= 0.6 is 16.3 Å². The zero-order valence-corrected chi connectivity index (χ0v) is 9.61. The molecule has 0 fully saturated rings. The molecule has 0 heterocycles. The molecule has 1 rings (SSSR count). The molecule has 15 heavy (non-hydrogen) atoms. The summed E-state index contributed by atoms with van der Waals surface area (Å²) >= 11 is 2.61. The Kier molecular flexibility index (Phi) is 4.85. The molecule has 1 atom stereocenters. The summed E-state index contributed by atoms with van der Waals surface area (Å²) in [4.78, 5) is 10.9. The van der Waals surface area contributed by atoms with Crippen molar-refractivity contribution >= 4 is 22.2 Å². The molecular weight excluding hydrogens is 258 g/mol. The Morgan fingerprint density at radius 3 is 2.67 bits per heavy atom. The van der Waals surface area contributed by atoms with E-state index in [1.165, 1.54) is 0 Å². The van der Waals surface area contributed by atoms with Crippen LogP contribution in [0.2, 0.25) is 0 Å². The lowest BCUT2D eigenvalue weighted by molar-refractivity contribution is -0.132. The topological polar surface area (TPSA) is 50.1 Å². The van der Waals surface area contributed by atoms with Gasteiger partial charge in [0.15, 0.2) is 16.3 Å². The summed E-state index contributed by atoms with van der Waals surface area (Å²) in [5.74, 6) is -0.607. The number of benzene rings is 1. The van der Waals surface area contributed by atoms with Crippen LogP contribution in [0.4, 0.5) is 0 Å². The zero-order valence-electron chi connectivity index (χ0n) is 8.02. The van der Waals surface area contributed by atoms with Crippen molar-refractivity contribution in [3.63, 3.8) is 0 Å². The predicted molar refractivity (Wildman–Crippen MR) is 59.0 cm³/mol. The van der Waals surface area contributed by atoms with Crippen molar-refractivity contribution in [2.45, 2.75) is 18.8 Å². The van der Waals surface area contributed by atoms with Crippen molar-refractivity contribution in [3.8, 4) is 6.07 Å². The van der Waals surface area contributed by atoms with Crippen molar-refractivity contribution in [3.05, 3.63) is 35.9 Å². The number of nitrogens with zero attached hydrogens (tertiary/aromatic N) is 1. The highest BCUT2D eigenvalue weighted by atomic mass is 79.9. The average Bonchev–Trinajstić information content (AvgIpc) is 2.31. The van der Waals surface area contributed by atoms with E-state index in [1.54, 1.807) is 0 Å². The minimum atomic E-state index is -0.355. The Balaban J connectivity index is 2.59. The SMILES string of the molecule is N#CC(CCC(=O)OBr)c1ccccc1. The van der Waals surface area contributed by atoms with Gasteiger partial charge in [0.05, 0.1) is 12.0 Å². The molecule has 4 heteroatoms. The highest BCUT2D eigenvalue weighted by molar-refractivity contribution is 9.06. The Morgan fingerprint density at radius 1 is 1.47 bits per heavy atom. The first-order valence-corrected chi connectivity index (χ1v) is 5.18. The van der Waals surface area contributed by atoms with Gasteiger partial charge in [0.25, 0.3) is 0 Å². The van der Waals surface area contributed by atoms with Gasteiger partial charge in [-0.1, -0.05) is 30.3 Å². The van der Waals surface area contributed by atoms with Crippen LogP contribution in [0.3, 0.4) is 0 Å². The second-order valence-corrected chi connectivity index (χ2v) is 3.40. The number of halogens is 1. The Bertz CT molecular complexity index is 359. The molecule has 0 bridgehead atoms. The van der Waals surface area contributed by atoms with Crippen LogP contribution in [0.1, 0.15) is 24.3 Å². The molecule has 0 saturated carbocycles. The van der Waals surface area contributed by atoms with Crippen LogP contribution in [0.5, 0.6) is 0 Å². The van der Waals surface area contributed by atoms with Gasteiger partial charge in [0.2, 0.25) is 0 Å². The number of nitriles is 1.